The molecule has 1 aromatic carbocycles. The van der Waals surface area contributed by atoms with E-state index in [-0.39, 0.29) is 11.8 Å². The summed E-state index contributed by atoms with van der Waals surface area (Å²) in [7, 11) is 1.72. The SMILES string of the molecule is CC(=O)NCCCN(C)C(=O)c1cc2cc(Br)cc(Br)c2o1. The third kappa shape index (κ3) is 4.10. The molecule has 1 N–H and O–H groups in total. The number of nitrogens with zero attached hydrogens (tertiary/aromatic N) is 1. The maximum atomic E-state index is 12.4. The van der Waals surface area contributed by atoms with Crippen LogP contribution in [0.5, 0.6) is 0 Å². The molecule has 2 aromatic rings. The number of fused-ring (bicyclic) bond motifs is 1. The lowest BCUT2D eigenvalue weighted by Gasteiger charge is -2.15. The zero-order valence-electron chi connectivity index (χ0n) is 12.3. The number of rotatable bonds is 5. The van der Waals surface area contributed by atoms with E-state index in [1.54, 1.807) is 18.0 Å². The molecule has 118 valence electrons. The van der Waals surface area contributed by atoms with Crippen LogP contribution in [0.3, 0.4) is 0 Å². The van der Waals surface area contributed by atoms with Gasteiger partial charge < -0.3 is 14.6 Å². The van der Waals surface area contributed by atoms with Gasteiger partial charge in [-0.3, -0.25) is 9.59 Å². The van der Waals surface area contributed by atoms with Gasteiger partial charge in [0.05, 0.1) is 4.47 Å². The van der Waals surface area contributed by atoms with E-state index in [0.717, 1.165) is 14.3 Å². The number of hydrogen-bond acceptors (Lipinski definition) is 3. The average Bonchev–Trinajstić information content (AvgIpc) is 2.86. The summed E-state index contributed by atoms with van der Waals surface area (Å²) < 4.78 is 7.36. The van der Waals surface area contributed by atoms with Gasteiger partial charge in [0.1, 0.15) is 5.58 Å². The van der Waals surface area contributed by atoms with E-state index in [1.807, 2.05) is 12.1 Å². The van der Waals surface area contributed by atoms with Gasteiger partial charge in [-0.25, -0.2) is 0 Å². The number of carbonyl (C=O) groups excluding carboxylic acids is 2. The summed E-state index contributed by atoms with van der Waals surface area (Å²) in [4.78, 5) is 24.7. The number of hydrogen-bond donors (Lipinski definition) is 1. The fraction of sp³-hybridized carbons (Fsp3) is 0.333. The molecule has 5 nitrogen and oxygen atoms in total. The standard InChI is InChI=1S/C15H16Br2N2O3/c1-9(20)18-4-3-5-19(2)15(21)13-7-10-6-11(16)8-12(17)14(10)22-13/h6-8H,3-5H2,1-2H3,(H,18,20). The first-order valence-corrected chi connectivity index (χ1v) is 8.35. The molecule has 0 unspecified atom stereocenters. The van der Waals surface area contributed by atoms with Crippen LogP contribution in [0.1, 0.15) is 23.9 Å². The fourth-order valence-corrected chi connectivity index (χ4v) is 3.39. The highest BCUT2D eigenvalue weighted by Gasteiger charge is 2.18. The Morgan fingerprint density at radius 2 is 2.00 bits per heavy atom. The Kier molecular flexibility index (Phi) is 5.63. The molecule has 1 heterocycles. The van der Waals surface area contributed by atoms with Crippen molar-refractivity contribution in [2.75, 3.05) is 20.1 Å². The van der Waals surface area contributed by atoms with Crippen molar-refractivity contribution in [2.24, 2.45) is 0 Å². The van der Waals surface area contributed by atoms with Crippen molar-refractivity contribution in [3.05, 3.63) is 32.9 Å². The molecular weight excluding hydrogens is 416 g/mol. The minimum atomic E-state index is -0.179. The van der Waals surface area contributed by atoms with E-state index in [0.29, 0.717) is 30.9 Å². The monoisotopic (exact) mass is 430 g/mol. The normalized spacial score (nSPS) is 10.7. The van der Waals surface area contributed by atoms with Gasteiger partial charge in [-0.15, -0.1) is 0 Å². The van der Waals surface area contributed by atoms with Crippen LogP contribution in [0, 0.1) is 0 Å². The van der Waals surface area contributed by atoms with Crippen LogP contribution in [0.15, 0.2) is 31.6 Å². The Bertz CT molecular complexity index is 712. The summed E-state index contributed by atoms with van der Waals surface area (Å²) in [5.74, 6) is 0.0552. The van der Waals surface area contributed by atoms with Crippen molar-refractivity contribution in [1.29, 1.82) is 0 Å². The molecule has 0 aliphatic heterocycles. The molecule has 7 heteroatoms. The van der Waals surface area contributed by atoms with Gasteiger partial charge in [0.2, 0.25) is 5.91 Å². The third-order valence-corrected chi connectivity index (χ3v) is 4.18. The Hall–Kier alpha value is -1.34. The summed E-state index contributed by atoms with van der Waals surface area (Å²) >= 11 is 6.83. The van der Waals surface area contributed by atoms with Crippen molar-refractivity contribution in [2.45, 2.75) is 13.3 Å². The summed E-state index contributed by atoms with van der Waals surface area (Å²) in [6.07, 6.45) is 0.692. The lowest BCUT2D eigenvalue weighted by molar-refractivity contribution is -0.118. The van der Waals surface area contributed by atoms with Gasteiger partial charge in [0.25, 0.3) is 5.91 Å². The topological polar surface area (TPSA) is 62.6 Å². The molecule has 0 fully saturated rings. The third-order valence-electron chi connectivity index (χ3n) is 3.14. The van der Waals surface area contributed by atoms with Gasteiger partial charge in [-0.1, -0.05) is 15.9 Å². The Morgan fingerprint density at radius 3 is 2.68 bits per heavy atom. The lowest BCUT2D eigenvalue weighted by atomic mass is 10.2. The number of halogens is 2. The molecule has 0 bridgehead atoms. The number of nitrogens with one attached hydrogen (secondary N) is 1. The van der Waals surface area contributed by atoms with Crippen molar-refractivity contribution in [3.8, 4) is 0 Å². The quantitative estimate of drug-likeness (QED) is 0.736. The first-order chi connectivity index (χ1) is 10.4. The van der Waals surface area contributed by atoms with Crippen molar-refractivity contribution < 1.29 is 14.0 Å². The highest BCUT2D eigenvalue weighted by atomic mass is 79.9. The van der Waals surface area contributed by atoms with E-state index < -0.39 is 0 Å². The number of carbonyl (C=O) groups is 2. The summed E-state index contributed by atoms with van der Waals surface area (Å²) in [6, 6.07) is 5.51. The molecule has 1 aromatic heterocycles. The smallest absolute Gasteiger partial charge is 0.289 e. The molecular formula is C15H16Br2N2O3. The summed E-state index contributed by atoms with van der Waals surface area (Å²) in [6.45, 7) is 2.56. The van der Waals surface area contributed by atoms with E-state index >= 15 is 0 Å². The maximum absolute atomic E-state index is 12.4. The molecule has 0 atom stereocenters. The Balaban J connectivity index is 2.06. The van der Waals surface area contributed by atoms with Crippen LogP contribution in [0.25, 0.3) is 11.0 Å². The number of furan rings is 1. The number of amides is 2. The zero-order chi connectivity index (χ0) is 16.3. The van der Waals surface area contributed by atoms with Crippen molar-refractivity contribution in [1.82, 2.24) is 10.2 Å². The maximum Gasteiger partial charge on any atom is 0.289 e. The van der Waals surface area contributed by atoms with Gasteiger partial charge in [0, 0.05) is 36.9 Å². The van der Waals surface area contributed by atoms with Gasteiger partial charge in [0.15, 0.2) is 5.76 Å². The molecule has 0 saturated heterocycles. The molecule has 2 rings (SSSR count). The Labute approximate surface area is 145 Å². The minimum absolute atomic E-state index is 0.0679. The molecule has 2 amide bonds. The van der Waals surface area contributed by atoms with Crippen LogP contribution < -0.4 is 5.32 Å². The van der Waals surface area contributed by atoms with Gasteiger partial charge >= 0.3 is 0 Å². The van der Waals surface area contributed by atoms with Crippen molar-refractivity contribution in [3.63, 3.8) is 0 Å². The second-order valence-corrected chi connectivity index (χ2v) is 6.75. The second-order valence-electron chi connectivity index (χ2n) is 4.98. The molecule has 0 spiro atoms. The predicted molar refractivity (Wildman–Crippen MR) is 91.9 cm³/mol. The lowest BCUT2D eigenvalue weighted by Crippen LogP contribution is -2.30. The summed E-state index contributed by atoms with van der Waals surface area (Å²) in [5.41, 5.74) is 0.651. The molecule has 0 aliphatic rings. The first kappa shape index (κ1) is 17.0. The molecule has 0 aliphatic carbocycles. The Morgan fingerprint density at radius 1 is 1.27 bits per heavy atom. The second kappa shape index (κ2) is 7.28. The van der Waals surface area contributed by atoms with Gasteiger partial charge in [-0.05, 0) is 40.5 Å². The molecule has 0 saturated carbocycles. The molecule has 22 heavy (non-hydrogen) atoms. The highest BCUT2D eigenvalue weighted by Crippen LogP contribution is 2.31. The number of benzene rings is 1. The van der Waals surface area contributed by atoms with E-state index in [2.05, 4.69) is 37.2 Å². The highest BCUT2D eigenvalue weighted by molar-refractivity contribution is 9.11. The van der Waals surface area contributed by atoms with E-state index in [1.165, 1.54) is 6.92 Å². The van der Waals surface area contributed by atoms with Gasteiger partial charge in [-0.2, -0.15) is 0 Å². The first-order valence-electron chi connectivity index (χ1n) is 6.77. The summed E-state index contributed by atoms with van der Waals surface area (Å²) in [5, 5.41) is 3.56. The minimum Gasteiger partial charge on any atom is -0.450 e. The van der Waals surface area contributed by atoms with Crippen LogP contribution in [-0.4, -0.2) is 36.9 Å². The molecule has 0 radical (unpaired) electrons. The van der Waals surface area contributed by atoms with E-state index in [4.69, 9.17) is 4.42 Å². The predicted octanol–water partition coefficient (Wildman–Crippen LogP) is 3.56. The van der Waals surface area contributed by atoms with Crippen LogP contribution >= 0.6 is 31.9 Å². The zero-order valence-corrected chi connectivity index (χ0v) is 15.5. The largest absolute Gasteiger partial charge is 0.450 e. The fourth-order valence-electron chi connectivity index (χ4n) is 2.05. The average molecular weight is 432 g/mol. The van der Waals surface area contributed by atoms with E-state index in [9.17, 15) is 9.59 Å². The van der Waals surface area contributed by atoms with Crippen molar-refractivity contribution >= 4 is 54.6 Å². The van der Waals surface area contributed by atoms with Crippen LogP contribution in [-0.2, 0) is 4.79 Å². The van der Waals surface area contributed by atoms with Crippen LogP contribution in [0.4, 0.5) is 0 Å². The van der Waals surface area contributed by atoms with Crippen LogP contribution in [0.2, 0.25) is 0 Å².